The standard InChI is InChI=1S/C13H13F3N2OS/c1-8-18-11(7-20-8)12(17-2)9-4-3-5-10(6-9)19-13(14,15)16/h3-7,12,17H,1-2H3. The molecule has 1 unspecified atom stereocenters. The SMILES string of the molecule is CNC(c1cccc(OC(F)(F)F)c1)c1csc(C)n1. The summed E-state index contributed by atoms with van der Waals surface area (Å²) in [6.45, 7) is 1.88. The third-order valence-electron chi connectivity index (χ3n) is 2.65. The first-order chi connectivity index (χ1) is 9.39. The molecule has 0 spiro atoms. The molecule has 0 fully saturated rings. The summed E-state index contributed by atoms with van der Waals surface area (Å²) in [5.74, 6) is -0.234. The number of halogens is 3. The van der Waals surface area contributed by atoms with E-state index in [1.54, 1.807) is 13.1 Å². The maximum Gasteiger partial charge on any atom is 0.573 e. The van der Waals surface area contributed by atoms with Gasteiger partial charge in [0.2, 0.25) is 0 Å². The molecular formula is C13H13F3N2OS. The maximum atomic E-state index is 12.2. The van der Waals surface area contributed by atoms with Crippen LogP contribution in [-0.2, 0) is 0 Å². The van der Waals surface area contributed by atoms with Crippen molar-refractivity contribution < 1.29 is 17.9 Å². The van der Waals surface area contributed by atoms with Gasteiger partial charge in [0.05, 0.1) is 16.7 Å². The van der Waals surface area contributed by atoms with E-state index >= 15 is 0 Å². The highest BCUT2D eigenvalue weighted by Gasteiger charge is 2.31. The largest absolute Gasteiger partial charge is 0.573 e. The second-order valence-electron chi connectivity index (χ2n) is 4.13. The Hall–Kier alpha value is -1.60. The molecule has 0 saturated heterocycles. The van der Waals surface area contributed by atoms with E-state index < -0.39 is 6.36 Å². The minimum atomic E-state index is -4.69. The summed E-state index contributed by atoms with van der Waals surface area (Å²) < 4.78 is 40.6. The van der Waals surface area contributed by atoms with Gasteiger partial charge in [0.1, 0.15) is 5.75 Å². The number of rotatable bonds is 4. The third-order valence-corrected chi connectivity index (χ3v) is 3.44. The molecule has 0 aliphatic rings. The number of thiazole rings is 1. The first-order valence-electron chi connectivity index (χ1n) is 5.84. The summed E-state index contributed by atoms with van der Waals surface area (Å²) in [5.41, 5.74) is 1.44. The van der Waals surface area contributed by atoms with Crippen molar-refractivity contribution in [2.24, 2.45) is 0 Å². The highest BCUT2D eigenvalue weighted by atomic mass is 32.1. The van der Waals surface area contributed by atoms with Gasteiger partial charge in [-0.25, -0.2) is 4.98 Å². The van der Waals surface area contributed by atoms with Gasteiger partial charge in [0, 0.05) is 5.38 Å². The molecule has 1 aromatic carbocycles. The first-order valence-corrected chi connectivity index (χ1v) is 6.72. The minimum absolute atomic E-state index is 0.234. The zero-order valence-electron chi connectivity index (χ0n) is 10.9. The predicted molar refractivity (Wildman–Crippen MR) is 70.9 cm³/mol. The molecule has 0 amide bonds. The summed E-state index contributed by atoms with van der Waals surface area (Å²) in [5, 5.41) is 5.83. The number of nitrogens with zero attached hydrogens (tertiary/aromatic N) is 1. The van der Waals surface area contributed by atoms with Crippen molar-refractivity contribution in [3.05, 3.63) is 45.9 Å². The van der Waals surface area contributed by atoms with Crippen LogP contribution in [-0.4, -0.2) is 18.4 Å². The summed E-state index contributed by atoms with van der Waals surface area (Å²) in [4.78, 5) is 4.36. The Balaban J connectivity index is 2.29. The van der Waals surface area contributed by atoms with Crippen LogP contribution in [0.3, 0.4) is 0 Å². The molecule has 0 aliphatic carbocycles. The molecule has 1 atom stereocenters. The predicted octanol–water partition coefficient (Wildman–Crippen LogP) is 3.66. The maximum absolute atomic E-state index is 12.2. The Bertz CT molecular complexity index is 583. The second-order valence-corrected chi connectivity index (χ2v) is 5.20. The van der Waals surface area contributed by atoms with Gasteiger partial charge >= 0.3 is 6.36 Å². The lowest BCUT2D eigenvalue weighted by molar-refractivity contribution is -0.274. The van der Waals surface area contributed by atoms with Gasteiger partial charge < -0.3 is 10.1 Å². The highest BCUT2D eigenvalue weighted by Crippen LogP contribution is 2.28. The van der Waals surface area contributed by atoms with Crippen molar-refractivity contribution in [3.8, 4) is 5.75 Å². The van der Waals surface area contributed by atoms with Gasteiger partial charge in [0.15, 0.2) is 0 Å². The number of aryl methyl sites for hydroxylation is 1. The average Bonchev–Trinajstić information content (AvgIpc) is 2.75. The van der Waals surface area contributed by atoms with Crippen molar-refractivity contribution >= 4 is 11.3 Å². The molecule has 0 bridgehead atoms. The number of hydrogen-bond donors (Lipinski definition) is 1. The monoisotopic (exact) mass is 302 g/mol. The molecule has 0 saturated carbocycles. The Morgan fingerprint density at radius 2 is 2.10 bits per heavy atom. The fourth-order valence-corrected chi connectivity index (χ4v) is 2.53. The van der Waals surface area contributed by atoms with Crippen LogP contribution < -0.4 is 10.1 Å². The average molecular weight is 302 g/mol. The number of alkyl halides is 3. The van der Waals surface area contributed by atoms with E-state index in [1.165, 1.54) is 29.5 Å². The van der Waals surface area contributed by atoms with Crippen LogP contribution in [0.5, 0.6) is 5.75 Å². The Labute approximate surface area is 118 Å². The molecular weight excluding hydrogens is 289 g/mol. The smallest absolute Gasteiger partial charge is 0.406 e. The molecule has 2 aromatic rings. The van der Waals surface area contributed by atoms with E-state index in [0.717, 1.165) is 10.7 Å². The molecule has 0 aliphatic heterocycles. The van der Waals surface area contributed by atoms with Crippen molar-refractivity contribution in [2.45, 2.75) is 19.3 Å². The number of hydrogen-bond acceptors (Lipinski definition) is 4. The summed E-state index contributed by atoms with van der Waals surface area (Å²) >= 11 is 1.49. The van der Waals surface area contributed by atoms with Crippen molar-refractivity contribution in [1.29, 1.82) is 0 Å². The number of benzene rings is 1. The molecule has 1 aromatic heterocycles. The molecule has 2 rings (SSSR count). The zero-order chi connectivity index (χ0) is 14.8. The lowest BCUT2D eigenvalue weighted by atomic mass is 10.0. The van der Waals surface area contributed by atoms with Crippen molar-refractivity contribution in [1.82, 2.24) is 10.3 Å². The third kappa shape index (κ3) is 3.71. The minimum Gasteiger partial charge on any atom is -0.406 e. The molecule has 7 heteroatoms. The summed E-state index contributed by atoms with van der Waals surface area (Å²) in [6, 6.07) is 5.63. The normalized spacial score (nSPS) is 13.2. The zero-order valence-corrected chi connectivity index (χ0v) is 11.7. The number of ether oxygens (including phenoxy) is 1. The summed E-state index contributed by atoms with van der Waals surface area (Å²) in [6.07, 6.45) is -4.69. The molecule has 20 heavy (non-hydrogen) atoms. The Kier molecular flexibility index (Phi) is 4.29. The Morgan fingerprint density at radius 3 is 2.65 bits per heavy atom. The first kappa shape index (κ1) is 14.8. The Morgan fingerprint density at radius 1 is 1.35 bits per heavy atom. The van der Waals surface area contributed by atoms with Gasteiger partial charge in [-0.15, -0.1) is 24.5 Å². The quantitative estimate of drug-likeness (QED) is 0.936. The van der Waals surface area contributed by atoms with E-state index in [0.29, 0.717) is 5.56 Å². The van der Waals surface area contributed by atoms with E-state index in [-0.39, 0.29) is 11.8 Å². The van der Waals surface area contributed by atoms with Gasteiger partial charge in [-0.2, -0.15) is 0 Å². The van der Waals surface area contributed by atoms with Crippen molar-refractivity contribution in [2.75, 3.05) is 7.05 Å². The van der Waals surface area contributed by atoms with Gasteiger partial charge in [-0.3, -0.25) is 0 Å². The van der Waals surface area contributed by atoms with Gasteiger partial charge in [-0.05, 0) is 31.7 Å². The second kappa shape index (κ2) is 5.80. The van der Waals surface area contributed by atoms with Crippen LogP contribution in [0.15, 0.2) is 29.6 Å². The topological polar surface area (TPSA) is 34.1 Å². The molecule has 0 radical (unpaired) electrons. The lowest BCUT2D eigenvalue weighted by Gasteiger charge is -2.16. The van der Waals surface area contributed by atoms with Crippen LogP contribution in [0, 0.1) is 6.92 Å². The van der Waals surface area contributed by atoms with Crippen LogP contribution in [0.2, 0.25) is 0 Å². The molecule has 1 heterocycles. The van der Waals surface area contributed by atoms with Crippen LogP contribution in [0.25, 0.3) is 0 Å². The van der Waals surface area contributed by atoms with Crippen molar-refractivity contribution in [3.63, 3.8) is 0 Å². The number of nitrogens with one attached hydrogen (secondary N) is 1. The fourth-order valence-electron chi connectivity index (χ4n) is 1.89. The van der Waals surface area contributed by atoms with E-state index in [1.807, 2.05) is 12.3 Å². The van der Waals surface area contributed by atoms with Gasteiger partial charge in [-0.1, -0.05) is 12.1 Å². The fraction of sp³-hybridized carbons (Fsp3) is 0.308. The van der Waals surface area contributed by atoms with E-state index in [9.17, 15) is 13.2 Å². The number of aromatic nitrogens is 1. The van der Waals surface area contributed by atoms with Crippen LogP contribution in [0.1, 0.15) is 22.3 Å². The van der Waals surface area contributed by atoms with Gasteiger partial charge in [0.25, 0.3) is 0 Å². The van der Waals surface area contributed by atoms with E-state index in [4.69, 9.17) is 0 Å². The highest BCUT2D eigenvalue weighted by molar-refractivity contribution is 7.09. The summed E-state index contributed by atoms with van der Waals surface area (Å²) in [7, 11) is 1.73. The lowest BCUT2D eigenvalue weighted by Crippen LogP contribution is -2.19. The molecule has 1 N–H and O–H groups in total. The van der Waals surface area contributed by atoms with E-state index in [2.05, 4.69) is 15.0 Å². The van der Waals surface area contributed by atoms with Crippen LogP contribution >= 0.6 is 11.3 Å². The van der Waals surface area contributed by atoms with Crippen LogP contribution in [0.4, 0.5) is 13.2 Å². The molecule has 3 nitrogen and oxygen atoms in total. The molecule has 108 valence electrons.